The number of thiophene rings is 1. The normalized spacial score (nSPS) is 10.8. The lowest BCUT2D eigenvalue weighted by atomic mass is 10.2. The maximum atomic E-state index is 5.79. The molecule has 3 rings (SSSR count). The van der Waals surface area contributed by atoms with E-state index in [9.17, 15) is 0 Å². The van der Waals surface area contributed by atoms with Gasteiger partial charge in [0.15, 0.2) is 0 Å². The van der Waals surface area contributed by atoms with Gasteiger partial charge in [0, 0.05) is 13.6 Å². The van der Waals surface area contributed by atoms with Gasteiger partial charge in [-0.05, 0) is 29.1 Å². The number of anilines is 2. The summed E-state index contributed by atoms with van der Waals surface area (Å²) in [4.78, 5) is 11.6. The average Bonchev–Trinajstić information content (AvgIpc) is 2.95. The standard InChI is InChI=1S/C15H16N4OS/c1-19(9-10-3-5-11(20-2)6-4-10)13-12-7-8-21-14(12)18-15(16)17-13/h3-8H,9H2,1-2H3,(H2,16,17,18). The third kappa shape index (κ3) is 2.75. The Morgan fingerprint density at radius 2 is 1.95 bits per heavy atom. The average molecular weight is 300 g/mol. The van der Waals surface area contributed by atoms with Gasteiger partial charge in [0.05, 0.1) is 12.5 Å². The summed E-state index contributed by atoms with van der Waals surface area (Å²) >= 11 is 1.57. The number of hydrogen-bond acceptors (Lipinski definition) is 6. The molecule has 5 nitrogen and oxygen atoms in total. The van der Waals surface area contributed by atoms with Gasteiger partial charge in [0.25, 0.3) is 0 Å². The number of nitrogen functional groups attached to an aromatic ring is 1. The first-order valence-corrected chi connectivity index (χ1v) is 7.40. The number of nitrogens with two attached hydrogens (primary N) is 1. The number of aromatic nitrogens is 2. The highest BCUT2D eigenvalue weighted by atomic mass is 32.1. The van der Waals surface area contributed by atoms with Gasteiger partial charge in [-0.1, -0.05) is 12.1 Å². The van der Waals surface area contributed by atoms with E-state index in [0.29, 0.717) is 5.95 Å². The van der Waals surface area contributed by atoms with Crippen molar-refractivity contribution in [2.24, 2.45) is 0 Å². The number of benzene rings is 1. The molecule has 0 saturated carbocycles. The molecule has 3 aromatic rings. The Bertz CT molecular complexity index is 754. The molecule has 0 unspecified atom stereocenters. The second kappa shape index (κ2) is 5.57. The minimum atomic E-state index is 0.307. The maximum absolute atomic E-state index is 5.79. The second-order valence-electron chi connectivity index (χ2n) is 4.75. The van der Waals surface area contributed by atoms with Gasteiger partial charge < -0.3 is 15.4 Å². The predicted molar refractivity (Wildman–Crippen MR) is 86.9 cm³/mol. The molecule has 0 aliphatic rings. The SMILES string of the molecule is COc1ccc(CN(C)c2nc(N)nc3sccc23)cc1. The number of fused-ring (bicyclic) bond motifs is 1. The van der Waals surface area contributed by atoms with E-state index in [4.69, 9.17) is 10.5 Å². The molecule has 1 aromatic carbocycles. The molecule has 0 amide bonds. The monoisotopic (exact) mass is 300 g/mol. The number of ether oxygens (including phenoxy) is 1. The van der Waals surface area contributed by atoms with E-state index in [1.165, 1.54) is 5.56 Å². The van der Waals surface area contributed by atoms with Crippen molar-refractivity contribution < 1.29 is 4.74 Å². The van der Waals surface area contributed by atoms with Crippen molar-refractivity contribution in [2.45, 2.75) is 6.54 Å². The van der Waals surface area contributed by atoms with Crippen molar-refractivity contribution in [1.29, 1.82) is 0 Å². The molecule has 0 atom stereocenters. The second-order valence-corrected chi connectivity index (χ2v) is 5.64. The first kappa shape index (κ1) is 13.6. The van der Waals surface area contributed by atoms with E-state index in [0.717, 1.165) is 28.3 Å². The molecule has 21 heavy (non-hydrogen) atoms. The predicted octanol–water partition coefficient (Wildman–Crippen LogP) is 2.92. The van der Waals surface area contributed by atoms with E-state index < -0.39 is 0 Å². The molecule has 108 valence electrons. The molecule has 0 bridgehead atoms. The van der Waals surface area contributed by atoms with Crippen molar-refractivity contribution in [2.75, 3.05) is 24.8 Å². The number of rotatable bonds is 4. The van der Waals surface area contributed by atoms with Crippen LogP contribution in [0.25, 0.3) is 10.2 Å². The van der Waals surface area contributed by atoms with Crippen LogP contribution in [-0.2, 0) is 6.54 Å². The highest BCUT2D eigenvalue weighted by Gasteiger charge is 2.12. The van der Waals surface area contributed by atoms with Crippen molar-refractivity contribution in [3.63, 3.8) is 0 Å². The Morgan fingerprint density at radius 3 is 2.67 bits per heavy atom. The lowest BCUT2D eigenvalue weighted by Crippen LogP contribution is -2.18. The van der Waals surface area contributed by atoms with E-state index in [1.54, 1.807) is 18.4 Å². The van der Waals surface area contributed by atoms with Crippen LogP contribution >= 0.6 is 11.3 Å². The fourth-order valence-corrected chi connectivity index (χ4v) is 2.99. The molecule has 6 heteroatoms. The summed E-state index contributed by atoms with van der Waals surface area (Å²) in [7, 11) is 3.67. The zero-order valence-corrected chi connectivity index (χ0v) is 12.7. The lowest BCUT2D eigenvalue weighted by Gasteiger charge is -2.19. The maximum Gasteiger partial charge on any atom is 0.223 e. The number of methoxy groups -OCH3 is 1. The highest BCUT2D eigenvalue weighted by Crippen LogP contribution is 2.28. The minimum absolute atomic E-state index is 0.307. The third-order valence-corrected chi connectivity index (χ3v) is 4.07. The Kier molecular flexibility index (Phi) is 3.62. The summed E-state index contributed by atoms with van der Waals surface area (Å²) in [6.45, 7) is 0.741. The smallest absolute Gasteiger partial charge is 0.223 e. The Balaban J connectivity index is 1.89. The van der Waals surface area contributed by atoms with E-state index >= 15 is 0 Å². The lowest BCUT2D eigenvalue weighted by molar-refractivity contribution is 0.414. The number of nitrogens with zero attached hydrogens (tertiary/aromatic N) is 3. The molecule has 0 fully saturated rings. The van der Waals surface area contributed by atoms with Crippen molar-refractivity contribution in [3.8, 4) is 5.75 Å². The van der Waals surface area contributed by atoms with Gasteiger partial charge in [0.1, 0.15) is 16.4 Å². The highest BCUT2D eigenvalue weighted by molar-refractivity contribution is 7.16. The Morgan fingerprint density at radius 1 is 1.19 bits per heavy atom. The zero-order valence-electron chi connectivity index (χ0n) is 11.9. The van der Waals surface area contributed by atoms with Crippen LogP contribution in [0.1, 0.15) is 5.56 Å². The molecule has 0 saturated heterocycles. The van der Waals surface area contributed by atoms with Gasteiger partial charge in [0.2, 0.25) is 5.95 Å². The minimum Gasteiger partial charge on any atom is -0.497 e. The van der Waals surface area contributed by atoms with Crippen LogP contribution in [0.3, 0.4) is 0 Å². The van der Waals surface area contributed by atoms with Crippen LogP contribution in [0.5, 0.6) is 5.75 Å². The summed E-state index contributed by atoms with van der Waals surface area (Å²) < 4.78 is 5.17. The molecule has 2 heterocycles. The van der Waals surface area contributed by atoms with Gasteiger partial charge in [-0.25, -0.2) is 4.98 Å². The largest absolute Gasteiger partial charge is 0.497 e. The third-order valence-electron chi connectivity index (χ3n) is 3.26. The molecule has 0 aliphatic heterocycles. The topological polar surface area (TPSA) is 64.3 Å². The van der Waals surface area contributed by atoms with Crippen molar-refractivity contribution in [3.05, 3.63) is 41.3 Å². The summed E-state index contributed by atoms with van der Waals surface area (Å²) in [5, 5.41) is 3.04. The molecular weight excluding hydrogens is 284 g/mol. The summed E-state index contributed by atoms with van der Waals surface area (Å²) in [6.07, 6.45) is 0. The molecule has 0 spiro atoms. The van der Waals surface area contributed by atoms with Crippen molar-refractivity contribution >= 4 is 33.3 Å². The molecule has 0 radical (unpaired) electrons. The van der Waals surface area contributed by atoms with Crippen LogP contribution in [0.15, 0.2) is 35.7 Å². The Hall–Kier alpha value is -2.34. The summed E-state index contributed by atoms with van der Waals surface area (Å²) in [5.41, 5.74) is 6.97. The quantitative estimate of drug-likeness (QED) is 0.802. The van der Waals surface area contributed by atoms with E-state index in [2.05, 4.69) is 14.9 Å². The fourth-order valence-electron chi connectivity index (χ4n) is 2.23. The van der Waals surface area contributed by atoms with Gasteiger partial charge in [-0.15, -0.1) is 11.3 Å². The van der Waals surface area contributed by atoms with E-state index in [1.807, 2.05) is 42.8 Å². The molecule has 0 aliphatic carbocycles. The van der Waals surface area contributed by atoms with Crippen LogP contribution in [-0.4, -0.2) is 24.1 Å². The van der Waals surface area contributed by atoms with E-state index in [-0.39, 0.29) is 0 Å². The van der Waals surface area contributed by atoms with Gasteiger partial charge in [-0.2, -0.15) is 4.98 Å². The van der Waals surface area contributed by atoms with Crippen molar-refractivity contribution in [1.82, 2.24) is 9.97 Å². The summed E-state index contributed by atoms with van der Waals surface area (Å²) in [5.74, 6) is 2.02. The fraction of sp³-hybridized carbons (Fsp3) is 0.200. The van der Waals surface area contributed by atoms with Crippen LogP contribution in [0.4, 0.5) is 11.8 Å². The number of hydrogen-bond donors (Lipinski definition) is 1. The molecular formula is C15H16N4OS. The zero-order chi connectivity index (χ0) is 14.8. The van der Waals surface area contributed by atoms with Crippen LogP contribution < -0.4 is 15.4 Å². The van der Waals surface area contributed by atoms with Gasteiger partial charge in [-0.3, -0.25) is 0 Å². The molecule has 2 N–H and O–H groups in total. The first-order chi connectivity index (χ1) is 10.2. The first-order valence-electron chi connectivity index (χ1n) is 6.52. The van der Waals surface area contributed by atoms with Crippen LogP contribution in [0.2, 0.25) is 0 Å². The van der Waals surface area contributed by atoms with Gasteiger partial charge >= 0.3 is 0 Å². The van der Waals surface area contributed by atoms with Crippen LogP contribution in [0, 0.1) is 0 Å². The Labute approximate surface area is 127 Å². The summed E-state index contributed by atoms with van der Waals surface area (Å²) in [6, 6.07) is 10.0. The molecule has 2 aromatic heterocycles.